The molecule has 0 saturated heterocycles. The largest absolute Gasteiger partial charge is 0.351 e. The third-order valence-corrected chi connectivity index (χ3v) is 3.07. The van der Waals surface area contributed by atoms with Crippen LogP contribution in [0.25, 0.3) is 0 Å². The van der Waals surface area contributed by atoms with Crippen molar-refractivity contribution >= 4 is 29.3 Å². The fraction of sp³-hybridized carbons (Fsp3) is 0.308. The molecule has 0 spiro atoms. The minimum absolute atomic E-state index is 0.121. The SMILES string of the molecule is CSCCNC(=O)c1ccc(C#CCN)c(Cl)c1. The molecule has 0 aliphatic carbocycles. The first-order valence-electron chi connectivity index (χ1n) is 5.44. The summed E-state index contributed by atoms with van der Waals surface area (Å²) in [5, 5.41) is 3.28. The highest BCUT2D eigenvalue weighted by Crippen LogP contribution is 2.16. The van der Waals surface area contributed by atoms with E-state index in [4.69, 9.17) is 17.3 Å². The molecule has 0 saturated carbocycles. The van der Waals surface area contributed by atoms with Crippen LogP contribution in [0.2, 0.25) is 5.02 Å². The molecule has 1 rings (SSSR count). The fourth-order valence-electron chi connectivity index (χ4n) is 1.27. The van der Waals surface area contributed by atoms with Gasteiger partial charge in [-0.25, -0.2) is 0 Å². The van der Waals surface area contributed by atoms with Gasteiger partial charge in [-0.3, -0.25) is 4.79 Å². The van der Waals surface area contributed by atoms with Crippen LogP contribution < -0.4 is 11.1 Å². The maximum atomic E-state index is 11.8. The number of halogens is 1. The maximum absolute atomic E-state index is 11.8. The van der Waals surface area contributed by atoms with Crippen molar-refractivity contribution in [2.45, 2.75) is 0 Å². The second kappa shape index (κ2) is 8.04. The van der Waals surface area contributed by atoms with Crippen LogP contribution in [-0.4, -0.2) is 31.0 Å². The summed E-state index contributed by atoms with van der Waals surface area (Å²) < 4.78 is 0. The predicted molar refractivity (Wildman–Crippen MR) is 78.1 cm³/mol. The summed E-state index contributed by atoms with van der Waals surface area (Å²) in [4.78, 5) is 11.8. The molecule has 3 nitrogen and oxygen atoms in total. The average Bonchev–Trinajstić information content (AvgIpc) is 2.37. The number of hydrogen-bond donors (Lipinski definition) is 2. The molecule has 0 fully saturated rings. The summed E-state index contributed by atoms with van der Waals surface area (Å²) in [5.74, 6) is 6.34. The van der Waals surface area contributed by atoms with Crippen molar-refractivity contribution in [2.24, 2.45) is 5.73 Å². The summed E-state index contributed by atoms with van der Waals surface area (Å²) in [6.45, 7) is 0.930. The molecule has 1 aromatic rings. The van der Waals surface area contributed by atoms with Gasteiger partial charge in [-0.15, -0.1) is 0 Å². The molecule has 96 valence electrons. The van der Waals surface area contributed by atoms with E-state index in [0.29, 0.717) is 22.7 Å². The van der Waals surface area contributed by atoms with Crippen LogP contribution in [0.1, 0.15) is 15.9 Å². The Bertz CT molecular complexity index is 480. The van der Waals surface area contributed by atoms with Crippen molar-refractivity contribution in [3.05, 3.63) is 34.3 Å². The van der Waals surface area contributed by atoms with E-state index in [2.05, 4.69) is 17.2 Å². The molecule has 5 heteroatoms. The lowest BCUT2D eigenvalue weighted by Crippen LogP contribution is -2.25. The van der Waals surface area contributed by atoms with Gasteiger partial charge in [-0.2, -0.15) is 11.8 Å². The van der Waals surface area contributed by atoms with E-state index in [-0.39, 0.29) is 12.5 Å². The molecule has 0 aliphatic heterocycles. The van der Waals surface area contributed by atoms with E-state index in [1.54, 1.807) is 30.0 Å². The molecular weight excluding hydrogens is 268 g/mol. The first kappa shape index (κ1) is 14.9. The van der Waals surface area contributed by atoms with Gasteiger partial charge < -0.3 is 11.1 Å². The minimum Gasteiger partial charge on any atom is -0.351 e. The molecule has 0 atom stereocenters. The van der Waals surface area contributed by atoms with Crippen molar-refractivity contribution in [2.75, 3.05) is 25.1 Å². The fourth-order valence-corrected chi connectivity index (χ4v) is 1.81. The summed E-state index contributed by atoms with van der Waals surface area (Å²) in [5.41, 5.74) is 6.51. The van der Waals surface area contributed by atoms with Crippen LogP contribution in [0, 0.1) is 11.8 Å². The molecule has 0 bridgehead atoms. The Morgan fingerprint density at radius 2 is 2.33 bits per heavy atom. The zero-order valence-electron chi connectivity index (χ0n) is 10.1. The third kappa shape index (κ3) is 4.61. The summed E-state index contributed by atoms with van der Waals surface area (Å²) in [7, 11) is 0. The molecule has 0 heterocycles. The Morgan fingerprint density at radius 3 is 2.94 bits per heavy atom. The molecule has 0 aliphatic rings. The highest BCUT2D eigenvalue weighted by molar-refractivity contribution is 7.98. The molecule has 1 aromatic carbocycles. The van der Waals surface area contributed by atoms with Crippen LogP contribution in [0.4, 0.5) is 0 Å². The zero-order valence-corrected chi connectivity index (χ0v) is 11.7. The van der Waals surface area contributed by atoms with Gasteiger partial charge in [-0.1, -0.05) is 23.4 Å². The van der Waals surface area contributed by atoms with Gasteiger partial charge in [0.05, 0.1) is 11.6 Å². The molecule has 3 N–H and O–H groups in total. The minimum atomic E-state index is -0.121. The molecular formula is C13H15ClN2OS. The van der Waals surface area contributed by atoms with Gasteiger partial charge >= 0.3 is 0 Å². The van der Waals surface area contributed by atoms with Crippen LogP contribution in [0.3, 0.4) is 0 Å². The Kier molecular flexibility index (Phi) is 6.66. The van der Waals surface area contributed by atoms with Crippen molar-refractivity contribution in [3.8, 4) is 11.8 Å². The second-order valence-electron chi connectivity index (χ2n) is 3.45. The Balaban J connectivity index is 2.74. The van der Waals surface area contributed by atoms with Crippen molar-refractivity contribution in [1.29, 1.82) is 0 Å². The van der Waals surface area contributed by atoms with E-state index < -0.39 is 0 Å². The predicted octanol–water partition coefficient (Wildman–Crippen LogP) is 1.74. The number of nitrogens with one attached hydrogen (secondary N) is 1. The first-order valence-corrected chi connectivity index (χ1v) is 7.22. The Labute approximate surface area is 116 Å². The molecule has 0 radical (unpaired) electrons. The van der Waals surface area contributed by atoms with Gasteiger partial charge in [0.25, 0.3) is 5.91 Å². The number of carbonyl (C=O) groups is 1. The van der Waals surface area contributed by atoms with Gasteiger partial charge in [0.15, 0.2) is 0 Å². The number of hydrogen-bond acceptors (Lipinski definition) is 3. The summed E-state index contributed by atoms with van der Waals surface area (Å²) in [6, 6.07) is 5.06. The van der Waals surface area contributed by atoms with E-state index in [1.807, 2.05) is 6.26 Å². The molecule has 18 heavy (non-hydrogen) atoms. The van der Waals surface area contributed by atoms with Crippen molar-refractivity contribution in [1.82, 2.24) is 5.32 Å². The van der Waals surface area contributed by atoms with Crippen molar-refractivity contribution < 1.29 is 4.79 Å². The number of benzene rings is 1. The maximum Gasteiger partial charge on any atom is 0.251 e. The lowest BCUT2D eigenvalue weighted by atomic mass is 10.1. The van der Waals surface area contributed by atoms with E-state index in [9.17, 15) is 4.79 Å². The monoisotopic (exact) mass is 282 g/mol. The van der Waals surface area contributed by atoms with E-state index in [0.717, 1.165) is 5.75 Å². The molecule has 0 unspecified atom stereocenters. The molecule has 0 aromatic heterocycles. The number of carbonyl (C=O) groups excluding carboxylic acids is 1. The Morgan fingerprint density at radius 1 is 1.56 bits per heavy atom. The van der Waals surface area contributed by atoms with Gasteiger partial charge in [0, 0.05) is 23.4 Å². The normalized spacial score (nSPS) is 9.50. The second-order valence-corrected chi connectivity index (χ2v) is 4.84. The van der Waals surface area contributed by atoms with Crippen LogP contribution >= 0.6 is 23.4 Å². The van der Waals surface area contributed by atoms with Crippen molar-refractivity contribution in [3.63, 3.8) is 0 Å². The van der Waals surface area contributed by atoms with Crippen LogP contribution in [0.5, 0.6) is 0 Å². The van der Waals surface area contributed by atoms with Crippen LogP contribution in [0.15, 0.2) is 18.2 Å². The van der Waals surface area contributed by atoms with Gasteiger partial charge in [0.2, 0.25) is 0 Å². The third-order valence-electron chi connectivity index (χ3n) is 2.15. The highest BCUT2D eigenvalue weighted by atomic mass is 35.5. The van der Waals surface area contributed by atoms with Gasteiger partial charge in [-0.05, 0) is 24.5 Å². The van der Waals surface area contributed by atoms with E-state index in [1.165, 1.54) is 0 Å². The highest BCUT2D eigenvalue weighted by Gasteiger charge is 2.07. The van der Waals surface area contributed by atoms with Gasteiger partial charge in [0.1, 0.15) is 0 Å². The number of thioether (sulfide) groups is 1. The quantitative estimate of drug-likeness (QED) is 0.653. The number of nitrogens with two attached hydrogens (primary N) is 1. The summed E-state index contributed by atoms with van der Waals surface area (Å²) in [6.07, 6.45) is 1.99. The molecule has 1 amide bonds. The number of rotatable bonds is 4. The average molecular weight is 283 g/mol. The lowest BCUT2D eigenvalue weighted by Gasteiger charge is -2.05. The Hall–Kier alpha value is -1.15. The smallest absolute Gasteiger partial charge is 0.251 e. The summed E-state index contributed by atoms with van der Waals surface area (Å²) >= 11 is 7.73. The first-order chi connectivity index (χ1) is 8.69. The van der Waals surface area contributed by atoms with E-state index >= 15 is 0 Å². The zero-order chi connectivity index (χ0) is 13.4. The topological polar surface area (TPSA) is 55.1 Å². The standard InChI is InChI=1S/C13H15ClN2OS/c1-18-8-7-16-13(17)11-5-4-10(3-2-6-15)12(14)9-11/h4-5,9H,6-8,15H2,1H3,(H,16,17). The lowest BCUT2D eigenvalue weighted by molar-refractivity contribution is 0.0956. The number of amides is 1. The van der Waals surface area contributed by atoms with Crippen LogP contribution in [-0.2, 0) is 0 Å².